The fourth-order valence-corrected chi connectivity index (χ4v) is 1.46. The summed E-state index contributed by atoms with van der Waals surface area (Å²) in [5.74, 6) is 0.635. The smallest absolute Gasteiger partial charge is 0.106 e. The lowest BCUT2D eigenvalue weighted by Crippen LogP contribution is -2.30. The number of hydrogen-bond acceptors (Lipinski definition) is 3. The Morgan fingerprint density at radius 1 is 1.45 bits per heavy atom. The Balaban J connectivity index is 2.38. The molecule has 0 radical (unpaired) electrons. The van der Waals surface area contributed by atoms with Crippen molar-refractivity contribution in [2.75, 3.05) is 20.2 Å². The van der Waals surface area contributed by atoms with Crippen LogP contribution in [0.1, 0.15) is 19.8 Å². The normalized spacial score (nSPS) is 21.8. The standard InChI is InChI=1S/C8H16N2O/c1-7(10-11-2)8-3-5-9-6-4-8/h8-9H,3-6H2,1-2H3/b10-7+. The van der Waals surface area contributed by atoms with Crippen molar-refractivity contribution in [1.82, 2.24) is 5.32 Å². The van der Waals surface area contributed by atoms with Crippen LogP contribution in [0.2, 0.25) is 0 Å². The second-order valence-electron chi connectivity index (χ2n) is 2.94. The van der Waals surface area contributed by atoms with E-state index in [0.717, 1.165) is 18.8 Å². The second-order valence-corrected chi connectivity index (χ2v) is 2.94. The molecule has 1 aliphatic rings. The Morgan fingerprint density at radius 3 is 2.64 bits per heavy atom. The summed E-state index contributed by atoms with van der Waals surface area (Å²) in [6.07, 6.45) is 2.39. The van der Waals surface area contributed by atoms with Crippen molar-refractivity contribution in [3.8, 4) is 0 Å². The van der Waals surface area contributed by atoms with Crippen molar-refractivity contribution >= 4 is 5.71 Å². The highest BCUT2D eigenvalue weighted by Crippen LogP contribution is 2.13. The second kappa shape index (κ2) is 4.34. The first-order valence-electron chi connectivity index (χ1n) is 4.13. The predicted molar refractivity (Wildman–Crippen MR) is 45.7 cm³/mol. The quantitative estimate of drug-likeness (QED) is 0.478. The van der Waals surface area contributed by atoms with Crippen molar-refractivity contribution in [1.29, 1.82) is 0 Å². The third kappa shape index (κ3) is 2.50. The summed E-state index contributed by atoms with van der Waals surface area (Å²) in [4.78, 5) is 4.72. The van der Waals surface area contributed by atoms with Gasteiger partial charge in [0.1, 0.15) is 7.11 Å². The summed E-state index contributed by atoms with van der Waals surface area (Å²) in [6.45, 7) is 4.27. The largest absolute Gasteiger partial charge is 0.399 e. The molecule has 1 heterocycles. The number of oxime groups is 1. The molecule has 0 atom stereocenters. The van der Waals surface area contributed by atoms with E-state index in [9.17, 15) is 0 Å². The van der Waals surface area contributed by atoms with Crippen LogP contribution >= 0.6 is 0 Å². The number of hydrogen-bond donors (Lipinski definition) is 1. The van der Waals surface area contributed by atoms with Crippen LogP contribution in [0.3, 0.4) is 0 Å². The first-order chi connectivity index (χ1) is 5.34. The van der Waals surface area contributed by atoms with E-state index in [0.29, 0.717) is 5.92 Å². The van der Waals surface area contributed by atoms with Gasteiger partial charge in [0.25, 0.3) is 0 Å². The third-order valence-corrected chi connectivity index (χ3v) is 2.17. The molecule has 3 heteroatoms. The maximum absolute atomic E-state index is 4.72. The molecule has 64 valence electrons. The molecular weight excluding hydrogens is 140 g/mol. The topological polar surface area (TPSA) is 33.6 Å². The lowest BCUT2D eigenvalue weighted by molar-refractivity contribution is 0.209. The Hall–Kier alpha value is -0.570. The zero-order valence-electron chi connectivity index (χ0n) is 7.26. The zero-order chi connectivity index (χ0) is 8.10. The fourth-order valence-electron chi connectivity index (χ4n) is 1.46. The van der Waals surface area contributed by atoms with Gasteiger partial charge in [0.15, 0.2) is 0 Å². The van der Waals surface area contributed by atoms with E-state index in [1.165, 1.54) is 12.8 Å². The van der Waals surface area contributed by atoms with Crippen LogP contribution in [0.5, 0.6) is 0 Å². The lowest BCUT2D eigenvalue weighted by Gasteiger charge is -2.21. The molecule has 1 rings (SSSR count). The average molecular weight is 156 g/mol. The van der Waals surface area contributed by atoms with Crippen molar-refractivity contribution in [2.45, 2.75) is 19.8 Å². The maximum Gasteiger partial charge on any atom is 0.106 e. The minimum absolute atomic E-state index is 0.635. The van der Waals surface area contributed by atoms with E-state index < -0.39 is 0 Å². The molecule has 0 bridgehead atoms. The summed E-state index contributed by atoms with van der Waals surface area (Å²) >= 11 is 0. The van der Waals surface area contributed by atoms with Crippen molar-refractivity contribution < 1.29 is 4.84 Å². The zero-order valence-corrected chi connectivity index (χ0v) is 7.26. The molecule has 0 unspecified atom stereocenters. The van der Waals surface area contributed by atoms with Gasteiger partial charge in [-0.1, -0.05) is 5.16 Å². The molecular formula is C8H16N2O. The minimum atomic E-state index is 0.635. The Morgan fingerprint density at radius 2 is 2.09 bits per heavy atom. The number of piperidine rings is 1. The van der Waals surface area contributed by atoms with E-state index in [1.54, 1.807) is 7.11 Å². The van der Waals surface area contributed by atoms with Crippen LogP contribution in [0.4, 0.5) is 0 Å². The molecule has 0 amide bonds. The highest BCUT2D eigenvalue weighted by atomic mass is 16.6. The third-order valence-electron chi connectivity index (χ3n) is 2.17. The number of nitrogens with one attached hydrogen (secondary N) is 1. The van der Waals surface area contributed by atoms with Crippen LogP contribution in [0, 0.1) is 5.92 Å². The summed E-state index contributed by atoms with van der Waals surface area (Å²) in [5, 5.41) is 7.25. The van der Waals surface area contributed by atoms with Crippen LogP contribution in [0.15, 0.2) is 5.16 Å². The summed E-state index contributed by atoms with van der Waals surface area (Å²) in [7, 11) is 1.60. The molecule has 1 aliphatic heterocycles. The molecule has 0 spiro atoms. The number of rotatable bonds is 2. The lowest BCUT2D eigenvalue weighted by atomic mass is 9.94. The molecule has 1 fully saturated rings. The first-order valence-corrected chi connectivity index (χ1v) is 4.13. The van der Waals surface area contributed by atoms with Gasteiger partial charge in [-0.2, -0.15) is 0 Å². The highest BCUT2D eigenvalue weighted by Gasteiger charge is 2.15. The predicted octanol–water partition coefficient (Wildman–Crippen LogP) is 1.01. The Kier molecular flexibility index (Phi) is 3.36. The molecule has 0 aromatic carbocycles. The molecule has 3 nitrogen and oxygen atoms in total. The van der Waals surface area contributed by atoms with Crippen molar-refractivity contribution in [3.63, 3.8) is 0 Å². The van der Waals surface area contributed by atoms with E-state index in [1.807, 2.05) is 6.92 Å². The van der Waals surface area contributed by atoms with Gasteiger partial charge in [-0.15, -0.1) is 0 Å². The van der Waals surface area contributed by atoms with Crippen LogP contribution in [0.25, 0.3) is 0 Å². The van der Waals surface area contributed by atoms with Crippen molar-refractivity contribution in [3.05, 3.63) is 0 Å². The van der Waals surface area contributed by atoms with Crippen LogP contribution < -0.4 is 5.32 Å². The molecule has 0 saturated carbocycles. The minimum Gasteiger partial charge on any atom is -0.399 e. The number of nitrogens with zero attached hydrogens (tertiary/aromatic N) is 1. The average Bonchev–Trinajstić information content (AvgIpc) is 2.07. The first kappa shape index (κ1) is 8.53. The van der Waals surface area contributed by atoms with Gasteiger partial charge >= 0.3 is 0 Å². The fraction of sp³-hybridized carbons (Fsp3) is 0.875. The Bertz CT molecular complexity index is 139. The van der Waals surface area contributed by atoms with Gasteiger partial charge in [0, 0.05) is 5.92 Å². The molecule has 1 saturated heterocycles. The van der Waals surface area contributed by atoms with E-state index in [2.05, 4.69) is 10.5 Å². The Labute approximate surface area is 67.8 Å². The van der Waals surface area contributed by atoms with E-state index >= 15 is 0 Å². The SMILES string of the molecule is CO/N=C(\C)C1CCNCC1. The monoisotopic (exact) mass is 156 g/mol. The highest BCUT2D eigenvalue weighted by molar-refractivity contribution is 5.83. The van der Waals surface area contributed by atoms with Gasteiger partial charge < -0.3 is 10.2 Å². The molecule has 0 aliphatic carbocycles. The van der Waals surface area contributed by atoms with Gasteiger partial charge in [0.05, 0.1) is 5.71 Å². The van der Waals surface area contributed by atoms with E-state index in [-0.39, 0.29) is 0 Å². The summed E-state index contributed by atoms with van der Waals surface area (Å²) < 4.78 is 0. The van der Waals surface area contributed by atoms with Gasteiger partial charge in [-0.3, -0.25) is 0 Å². The molecule has 0 aromatic heterocycles. The summed E-state index contributed by atoms with van der Waals surface area (Å²) in [5.41, 5.74) is 1.13. The van der Waals surface area contributed by atoms with Crippen LogP contribution in [-0.2, 0) is 4.84 Å². The molecule has 0 aromatic rings. The molecule has 11 heavy (non-hydrogen) atoms. The summed E-state index contributed by atoms with van der Waals surface area (Å²) in [6, 6.07) is 0. The maximum atomic E-state index is 4.72. The van der Waals surface area contributed by atoms with Gasteiger partial charge in [-0.05, 0) is 32.9 Å². The van der Waals surface area contributed by atoms with E-state index in [4.69, 9.17) is 4.84 Å². The van der Waals surface area contributed by atoms with Gasteiger partial charge in [0.2, 0.25) is 0 Å². The van der Waals surface area contributed by atoms with Crippen molar-refractivity contribution in [2.24, 2.45) is 11.1 Å². The van der Waals surface area contributed by atoms with Gasteiger partial charge in [-0.25, -0.2) is 0 Å². The van der Waals surface area contributed by atoms with Crippen LogP contribution in [-0.4, -0.2) is 25.9 Å². The molecule has 1 N–H and O–H groups in total.